The van der Waals surface area contributed by atoms with Gasteiger partial charge in [-0.05, 0) is 94.1 Å². The Balaban J connectivity index is 1.35. The fraction of sp³-hybridized carbons (Fsp3) is 0.421. The molecule has 7 rings (SSSR count). The first-order chi connectivity index (χ1) is 23.8. The lowest BCUT2D eigenvalue weighted by Gasteiger charge is -2.41. The minimum Gasteiger partial charge on any atom is -0.392 e. The van der Waals surface area contributed by atoms with Crippen molar-refractivity contribution in [2.45, 2.75) is 73.8 Å². The van der Waals surface area contributed by atoms with Crippen molar-refractivity contribution in [3.63, 3.8) is 0 Å². The molecule has 12 heteroatoms. The number of alkyl halides is 3. The van der Waals surface area contributed by atoms with Crippen molar-refractivity contribution in [2.24, 2.45) is 0 Å². The summed E-state index contributed by atoms with van der Waals surface area (Å²) in [5.74, 6) is -0.426. The van der Waals surface area contributed by atoms with E-state index in [0.717, 1.165) is 69.0 Å². The summed E-state index contributed by atoms with van der Waals surface area (Å²) in [4.78, 5) is 24.1. The van der Waals surface area contributed by atoms with Gasteiger partial charge in [-0.2, -0.15) is 13.2 Å². The van der Waals surface area contributed by atoms with Gasteiger partial charge in [0, 0.05) is 41.9 Å². The Morgan fingerprint density at radius 3 is 2.38 bits per heavy atom. The molecule has 50 heavy (non-hydrogen) atoms. The van der Waals surface area contributed by atoms with Gasteiger partial charge in [0.05, 0.1) is 38.9 Å². The average Bonchev–Trinajstić information content (AvgIpc) is 3.88. The van der Waals surface area contributed by atoms with Gasteiger partial charge in [-0.15, -0.1) is 0 Å². The predicted octanol–water partition coefficient (Wildman–Crippen LogP) is 6.16. The molecule has 2 saturated heterocycles. The second-order valence-corrected chi connectivity index (χ2v) is 16.1. The normalized spacial score (nSPS) is 20.5. The van der Waals surface area contributed by atoms with Gasteiger partial charge in [-0.1, -0.05) is 42.5 Å². The summed E-state index contributed by atoms with van der Waals surface area (Å²) in [5.41, 5.74) is 0.983. The van der Waals surface area contributed by atoms with Crippen LogP contribution in [-0.4, -0.2) is 78.8 Å². The first-order valence-electron chi connectivity index (χ1n) is 17.2. The van der Waals surface area contributed by atoms with Crippen molar-refractivity contribution in [3.05, 3.63) is 95.1 Å². The number of hydrogen-bond donors (Lipinski definition) is 2. The fourth-order valence-electron chi connectivity index (χ4n) is 7.64. The molecule has 1 atom stereocenters. The second-order valence-electron chi connectivity index (χ2n) is 14.0. The number of aromatic nitrogens is 1. The smallest absolute Gasteiger partial charge is 0.392 e. The van der Waals surface area contributed by atoms with E-state index in [9.17, 15) is 31.5 Å². The van der Waals surface area contributed by atoms with E-state index < -0.39 is 33.0 Å². The molecule has 4 aromatic rings. The van der Waals surface area contributed by atoms with Crippen LogP contribution in [0.25, 0.3) is 22.2 Å². The number of carbonyl (C=O) groups is 1. The summed E-state index contributed by atoms with van der Waals surface area (Å²) in [6, 6.07) is 19.3. The maximum atomic E-state index is 14.7. The molecule has 1 amide bonds. The van der Waals surface area contributed by atoms with Gasteiger partial charge in [0.25, 0.3) is 5.91 Å². The number of nitrogens with one attached hydrogen (secondary N) is 1. The van der Waals surface area contributed by atoms with Crippen molar-refractivity contribution in [2.75, 3.05) is 32.4 Å². The van der Waals surface area contributed by atoms with E-state index >= 15 is 0 Å². The highest BCUT2D eigenvalue weighted by atomic mass is 32.2. The first kappa shape index (κ1) is 34.6. The van der Waals surface area contributed by atoms with Crippen LogP contribution in [-0.2, 0) is 28.1 Å². The number of amides is 1. The summed E-state index contributed by atoms with van der Waals surface area (Å²) in [6.07, 6.45) is 1.04. The summed E-state index contributed by atoms with van der Waals surface area (Å²) in [6.45, 7) is 3.17. The van der Waals surface area contributed by atoms with E-state index in [1.807, 2.05) is 30.3 Å². The Morgan fingerprint density at radius 2 is 1.72 bits per heavy atom. The molecule has 0 radical (unpaired) electrons. The Morgan fingerprint density at radius 1 is 0.980 bits per heavy atom. The van der Waals surface area contributed by atoms with Gasteiger partial charge in [0.15, 0.2) is 9.84 Å². The standard InChI is InChI=1S/C38H41F3N4O4S/c1-50(48,49)30-12-13-33-31(22-30)34(36(47)43-37(16-17-37)26-8-3-2-4-9-26)32(35(42-33)25-7-5-10-27(21-25)38(39,40)41)24-44-19-14-28(15-20-44)45-18-6-11-29(46)23-45/h2-5,7-10,12-13,21-22,28-29,46H,6,11,14-20,23-24H2,1H3,(H,43,47). The number of β-amino-alcohol motifs (C(OH)–C–C–N with tert-alkyl or cyclic N) is 1. The van der Waals surface area contributed by atoms with Crippen LogP contribution in [0.2, 0.25) is 0 Å². The van der Waals surface area contributed by atoms with Crippen molar-refractivity contribution in [3.8, 4) is 11.3 Å². The van der Waals surface area contributed by atoms with Gasteiger partial charge in [-0.3, -0.25) is 14.6 Å². The van der Waals surface area contributed by atoms with Crippen LogP contribution in [0, 0.1) is 0 Å². The first-order valence-corrected chi connectivity index (χ1v) is 19.1. The molecule has 1 unspecified atom stereocenters. The zero-order valence-corrected chi connectivity index (χ0v) is 28.7. The molecule has 8 nitrogen and oxygen atoms in total. The fourth-order valence-corrected chi connectivity index (χ4v) is 8.28. The average molecular weight is 707 g/mol. The molecule has 3 aliphatic rings. The van der Waals surface area contributed by atoms with E-state index in [2.05, 4.69) is 15.1 Å². The highest BCUT2D eigenvalue weighted by Gasteiger charge is 2.46. The molecule has 2 aliphatic heterocycles. The number of sulfone groups is 1. The minimum absolute atomic E-state index is 0.0207. The third-order valence-electron chi connectivity index (χ3n) is 10.5. The van der Waals surface area contributed by atoms with E-state index in [1.165, 1.54) is 24.3 Å². The lowest BCUT2D eigenvalue weighted by atomic mass is 9.93. The monoisotopic (exact) mass is 706 g/mol. The molecule has 1 aromatic heterocycles. The van der Waals surface area contributed by atoms with Crippen molar-refractivity contribution < 1.29 is 31.5 Å². The van der Waals surface area contributed by atoms with E-state index in [0.29, 0.717) is 42.1 Å². The lowest BCUT2D eigenvalue weighted by molar-refractivity contribution is -0.137. The quantitative estimate of drug-likeness (QED) is 0.226. The Labute approximate surface area is 290 Å². The minimum atomic E-state index is -4.59. The number of benzene rings is 3. The number of hydrogen-bond acceptors (Lipinski definition) is 7. The molecule has 3 aromatic carbocycles. The van der Waals surface area contributed by atoms with Crippen LogP contribution in [0.4, 0.5) is 13.2 Å². The largest absolute Gasteiger partial charge is 0.416 e. The number of likely N-dealkylation sites (tertiary alicyclic amines) is 2. The third-order valence-corrected chi connectivity index (χ3v) is 11.6. The molecule has 0 bridgehead atoms. The highest BCUT2D eigenvalue weighted by molar-refractivity contribution is 7.90. The van der Waals surface area contributed by atoms with Crippen molar-refractivity contribution >= 4 is 26.6 Å². The topological polar surface area (TPSA) is 103 Å². The number of aliphatic hydroxyl groups is 1. The van der Waals surface area contributed by atoms with Crippen LogP contribution in [0.5, 0.6) is 0 Å². The number of halogens is 3. The Bertz CT molecular complexity index is 2010. The Kier molecular flexibility index (Phi) is 9.25. The summed E-state index contributed by atoms with van der Waals surface area (Å²) >= 11 is 0. The van der Waals surface area contributed by atoms with Crippen LogP contribution < -0.4 is 5.32 Å². The van der Waals surface area contributed by atoms with Gasteiger partial charge >= 0.3 is 6.18 Å². The maximum Gasteiger partial charge on any atom is 0.416 e. The number of rotatable bonds is 8. The number of piperidine rings is 2. The molecule has 1 saturated carbocycles. The molecular formula is C38H41F3N4O4S. The molecule has 1 aliphatic carbocycles. The maximum absolute atomic E-state index is 14.7. The number of pyridine rings is 1. The van der Waals surface area contributed by atoms with Gasteiger partial charge < -0.3 is 10.4 Å². The zero-order valence-electron chi connectivity index (χ0n) is 27.9. The number of nitrogens with zero attached hydrogens (tertiary/aromatic N) is 3. The van der Waals surface area contributed by atoms with Gasteiger partial charge in [-0.25, -0.2) is 13.4 Å². The number of fused-ring (bicyclic) bond motifs is 1. The molecule has 264 valence electrons. The third kappa shape index (κ3) is 7.16. The number of carbonyl (C=O) groups excluding carboxylic acids is 1. The zero-order chi connectivity index (χ0) is 35.3. The predicted molar refractivity (Wildman–Crippen MR) is 185 cm³/mol. The SMILES string of the molecule is CS(=O)(=O)c1ccc2nc(-c3cccc(C(F)(F)F)c3)c(CN3CCC(N4CCCC(O)C4)CC3)c(C(=O)NC3(c4ccccc4)CC3)c2c1. The molecule has 0 spiro atoms. The van der Waals surface area contributed by atoms with E-state index in [-0.39, 0.29) is 34.4 Å². The molecule has 3 fully saturated rings. The van der Waals surface area contributed by atoms with Crippen molar-refractivity contribution in [1.29, 1.82) is 0 Å². The van der Waals surface area contributed by atoms with Crippen LogP contribution in [0.3, 0.4) is 0 Å². The van der Waals surface area contributed by atoms with Crippen LogP contribution in [0.1, 0.15) is 65.6 Å². The van der Waals surface area contributed by atoms with E-state index in [4.69, 9.17) is 4.98 Å². The van der Waals surface area contributed by atoms with Crippen LogP contribution >= 0.6 is 0 Å². The lowest BCUT2D eigenvalue weighted by Crippen LogP contribution is -2.49. The second kappa shape index (κ2) is 13.4. The van der Waals surface area contributed by atoms with Crippen LogP contribution in [0.15, 0.2) is 77.7 Å². The highest BCUT2D eigenvalue weighted by Crippen LogP contribution is 2.46. The molecule has 3 heterocycles. The molecular weight excluding hydrogens is 666 g/mol. The molecule has 2 N–H and O–H groups in total. The summed E-state index contributed by atoms with van der Waals surface area (Å²) < 4.78 is 67.4. The van der Waals surface area contributed by atoms with E-state index in [1.54, 1.807) is 6.07 Å². The van der Waals surface area contributed by atoms with Gasteiger partial charge in [0.2, 0.25) is 0 Å². The summed E-state index contributed by atoms with van der Waals surface area (Å²) in [7, 11) is -3.67. The number of aliphatic hydroxyl groups excluding tert-OH is 1. The van der Waals surface area contributed by atoms with Crippen molar-refractivity contribution in [1.82, 2.24) is 20.1 Å². The summed E-state index contributed by atoms with van der Waals surface area (Å²) in [5, 5.41) is 13.8. The van der Waals surface area contributed by atoms with Gasteiger partial charge in [0.1, 0.15) is 0 Å². The Hall–Kier alpha value is -3.84.